The van der Waals surface area contributed by atoms with Crippen molar-refractivity contribution in [1.82, 2.24) is 24.8 Å². The second-order valence-electron chi connectivity index (χ2n) is 12.1. The monoisotopic (exact) mass is 786 g/mol. The molecule has 2 aromatic heterocycles. The molecule has 5 aromatic rings. The highest BCUT2D eigenvalue weighted by Gasteiger charge is 2.27. The van der Waals surface area contributed by atoms with E-state index in [1.807, 2.05) is 46.9 Å². The molecule has 0 bridgehead atoms. The number of hydrogen-bond donors (Lipinski definition) is 2. The van der Waals surface area contributed by atoms with Crippen molar-refractivity contribution in [3.63, 3.8) is 0 Å². The fourth-order valence-electron chi connectivity index (χ4n) is 5.71. The normalized spacial score (nSPS) is 12.9. The van der Waals surface area contributed by atoms with E-state index in [4.69, 9.17) is 4.74 Å². The third kappa shape index (κ3) is 9.51. The van der Waals surface area contributed by atoms with E-state index in [2.05, 4.69) is 20.5 Å². The van der Waals surface area contributed by atoms with Crippen LogP contribution >= 0.6 is 11.8 Å². The number of benzene rings is 3. The van der Waals surface area contributed by atoms with Crippen molar-refractivity contribution >= 4 is 50.8 Å². The second-order valence-corrected chi connectivity index (χ2v) is 14.9. The molecule has 18 heteroatoms. The first kappa shape index (κ1) is 38.6. The number of carbonyl (C=O) groups excluding carboxylic acids is 2. The molecule has 6 rings (SSSR count). The summed E-state index contributed by atoms with van der Waals surface area (Å²) in [6, 6.07) is 21.7. The van der Waals surface area contributed by atoms with Crippen LogP contribution in [0.1, 0.15) is 27.8 Å². The Hall–Kier alpha value is -6.14. The molecule has 0 spiro atoms. The quantitative estimate of drug-likeness (QED) is 0.0642. The lowest BCUT2D eigenvalue weighted by atomic mass is 10.0. The molecule has 15 nitrogen and oxygen atoms in total. The molecule has 3 heterocycles. The number of nitro benzene ring substituents is 1. The largest absolute Gasteiger partial charge is 0.492 e. The average molecular weight is 787 g/mol. The molecule has 2 N–H and O–H groups in total. The number of nitro groups is 1. The van der Waals surface area contributed by atoms with Gasteiger partial charge in [-0.15, -0.1) is 22.0 Å². The average Bonchev–Trinajstić information content (AvgIpc) is 3.19. The minimum absolute atomic E-state index is 0.136. The number of piperazine rings is 1. The summed E-state index contributed by atoms with van der Waals surface area (Å²) in [6.07, 6.45) is 3.06. The maximum absolute atomic E-state index is 15.1. The molecule has 0 aliphatic carbocycles. The molecule has 1 aliphatic heterocycles. The zero-order valence-electron chi connectivity index (χ0n) is 29.4. The number of aromatic nitrogens is 3. The smallest absolute Gasteiger partial charge is 0.293 e. The van der Waals surface area contributed by atoms with Gasteiger partial charge < -0.3 is 19.9 Å². The number of sulfonamides is 1. The Bertz CT molecular complexity index is 2290. The van der Waals surface area contributed by atoms with Crippen molar-refractivity contribution in [2.45, 2.75) is 16.7 Å². The Balaban J connectivity index is 1.02. The summed E-state index contributed by atoms with van der Waals surface area (Å²) in [4.78, 5) is 45.3. The minimum Gasteiger partial charge on any atom is -0.492 e. The fraction of sp³-hybridized carbons (Fsp3) is 0.216. The molecule has 55 heavy (non-hydrogen) atoms. The molecular weight excluding hydrogens is 752 g/mol. The van der Waals surface area contributed by atoms with Gasteiger partial charge in [-0.2, -0.15) is 0 Å². The van der Waals surface area contributed by atoms with Crippen LogP contribution in [-0.2, 0) is 10.0 Å². The van der Waals surface area contributed by atoms with E-state index < -0.39 is 37.3 Å². The van der Waals surface area contributed by atoms with E-state index in [9.17, 15) is 28.1 Å². The van der Waals surface area contributed by atoms with Crippen LogP contribution in [0.15, 0.2) is 107 Å². The zero-order valence-corrected chi connectivity index (χ0v) is 31.1. The van der Waals surface area contributed by atoms with E-state index in [1.165, 1.54) is 42.6 Å². The Morgan fingerprint density at radius 2 is 1.75 bits per heavy atom. The maximum atomic E-state index is 15.1. The number of halogens is 1. The lowest BCUT2D eigenvalue weighted by Crippen LogP contribution is -2.49. The van der Waals surface area contributed by atoms with Gasteiger partial charge in [0.05, 0.1) is 22.6 Å². The summed E-state index contributed by atoms with van der Waals surface area (Å²) in [5, 5.41) is 22.7. The lowest BCUT2D eigenvalue weighted by molar-refractivity contribution is -0.384. The molecule has 284 valence electrons. The number of nitrogens with one attached hydrogen (secondary N) is 2. The first-order valence-electron chi connectivity index (χ1n) is 17.1. The summed E-state index contributed by atoms with van der Waals surface area (Å²) in [5.74, 6) is -0.461. The van der Waals surface area contributed by atoms with E-state index in [0.717, 1.165) is 11.0 Å². The maximum Gasteiger partial charge on any atom is 0.293 e. The van der Waals surface area contributed by atoms with Gasteiger partial charge in [0.15, 0.2) is 11.5 Å². The highest BCUT2D eigenvalue weighted by Crippen LogP contribution is 2.29. The van der Waals surface area contributed by atoms with Gasteiger partial charge >= 0.3 is 0 Å². The fourth-order valence-corrected chi connectivity index (χ4v) is 7.48. The van der Waals surface area contributed by atoms with Gasteiger partial charge in [0.2, 0.25) is 0 Å². The first-order valence-corrected chi connectivity index (χ1v) is 19.5. The number of carbonyl (C=O) groups is 2. The van der Waals surface area contributed by atoms with E-state index >= 15 is 4.39 Å². The number of amides is 2. The van der Waals surface area contributed by atoms with Crippen LogP contribution in [0.3, 0.4) is 0 Å². The Morgan fingerprint density at radius 1 is 0.964 bits per heavy atom. The van der Waals surface area contributed by atoms with Crippen LogP contribution in [0.4, 0.5) is 21.6 Å². The highest BCUT2D eigenvalue weighted by molar-refractivity contribution is 7.99. The molecule has 1 aliphatic rings. The van der Waals surface area contributed by atoms with Crippen molar-refractivity contribution in [1.29, 1.82) is 0 Å². The summed E-state index contributed by atoms with van der Waals surface area (Å²) < 4.78 is 48.6. The molecule has 0 unspecified atom stereocenters. The van der Waals surface area contributed by atoms with Gasteiger partial charge in [-0.05, 0) is 61.5 Å². The van der Waals surface area contributed by atoms with Crippen LogP contribution in [0.2, 0.25) is 0 Å². The van der Waals surface area contributed by atoms with Crippen molar-refractivity contribution in [2.75, 3.05) is 55.3 Å². The van der Waals surface area contributed by atoms with E-state index in [0.29, 0.717) is 67.8 Å². The third-order valence-corrected chi connectivity index (χ3v) is 10.8. The van der Waals surface area contributed by atoms with Gasteiger partial charge in [-0.25, -0.2) is 17.5 Å². The Labute approximate surface area is 320 Å². The predicted molar refractivity (Wildman–Crippen MR) is 204 cm³/mol. The molecule has 0 saturated carbocycles. The van der Waals surface area contributed by atoms with Crippen molar-refractivity contribution in [3.8, 4) is 16.9 Å². The number of nitrogens with zero attached hydrogens (tertiary/aromatic N) is 6. The Kier molecular flexibility index (Phi) is 12.2. The molecule has 2 amide bonds. The zero-order chi connectivity index (χ0) is 39.0. The minimum atomic E-state index is -4.52. The van der Waals surface area contributed by atoms with Gasteiger partial charge in [0, 0.05) is 72.3 Å². The topological polar surface area (TPSA) is 190 Å². The molecule has 1 saturated heterocycles. The number of thioether (sulfide) groups is 1. The number of pyridine rings is 1. The van der Waals surface area contributed by atoms with Crippen LogP contribution in [0.25, 0.3) is 11.1 Å². The van der Waals surface area contributed by atoms with Gasteiger partial charge in [-0.1, -0.05) is 24.3 Å². The second kappa shape index (κ2) is 17.3. The number of ether oxygens (including phenoxy) is 1. The first-order chi connectivity index (χ1) is 26.5. The number of hydrogen-bond acceptors (Lipinski definition) is 13. The van der Waals surface area contributed by atoms with Gasteiger partial charge in [0.25, 0.3) is 27.5 Å². The Morgan fingerprint density at radius 3 is 2.44 bits per heavy atom. The van der Waals surface area contributed by atoms with Gasteiger partial charge in [0.1, 0.15) is 17.3 Å². The molecule has 3 aromatic carbocycles. The standard InChI is InChI=1S/C37H35FN8O7S2/c1-2-53-27-20-26(23-39-24-27)30-10-8-25(21-31(30)38)37(48)45-17-15-44(16-18-45)35-13-12-33(41-42-35)36(47)43-55(51,52)29-9-11-32(34(22-29)46(49)50)40-14-19-54-28-6-4-3-5-7-28/h3-13,20-24,40H,2,14-19H2,1H3,(H,43,47). The van der Waals surface area contributed by atoms with E-state index in [-0.39, 0.29) is 22.9 Å². The SMILES string of the molecule is CCOc1cncc(-c2ccc(C(=O)N3CCN(c4ccc(C(=O)NS(=O)(=O)c5ccc(NCCSc6ccccc6)c([N+](=O)[O-])c5)nn4)CC3)cc2F)c1. The highest BCUT2D eigenvalue weighted by atomic mass is 32.2. The van der Waals surface area contributed by atoms with Crippen LogP contribution < -0.4 is 19.7 Å². The number of rotatable bonds is 14. The summed E-state index contributed by atoms with van der Waals surface area (Å²) in [7, 11) is -4.52. The van der Waals surface area contributed by atoms with Crippen LogP contribution in [0, 0.1) is 15.9 Å². The van der Waals surface area contributed by atoms with Crippen LogP contribution in [0.5, 0.6) is 5.75 Å². The molecular formula is C37H35FN8O7S2. The summed E-state index contributed by atoms with van der Waals surface area (Å²) in [5.41, 5.74) is 0.391. The van der Waals surface area contributed by atoms with Crippen molar-refractivity contribution < 1.29 is 32.1 Å². The van der Waals surface area contributed by atoms with Crippen molar-refractivity contribution in [2.24, 2.45) is 0 Å². The van der Waals surface area contributed by atoms with Crippen LogP contribution in [-0.4, -0.2) is 90.3 Å². The molecule has 1 fully saturated rings. The predicted octanol–water partition coefficient (Wildman–Crippen LogP) is 5.27. The molecule has 0 radical (unpaired) electrons. The van der Waals surface area contributed by atoms with Crippen molar-refractivity contribution in [3.05, 3.63) is 125 Å². The summed E-state index contributed by atoms with van der Waals surface area (Å²) >= 11 is 1.56. The third-order valence-electron chi connectivity index (χ3n) is 8.46. The van der Waals surface area contributed by atoms with E-state index in [1.54, 1.807) is 35.0 Å². The molecule has 0 atom stereocenters. The lowest BCUT2D eigenvalue weighted by Gasteiger charge is -2.35. The summed E-state index contributed by atoms with van der Waals surface area (Å²) in [6.45, 7) is 4.00. The van der Waals surface area contributed by atoms with Gasteiger partial charge in [-0.3, -0.25) is 24.7 Å². The number of anilines is 2.